The Morgan fingerprint density at radius 1 is 1.25 bits per heavy atom. The van der Waals surface area contributed by atoms with Crippen molar-refractivity contribution in [2.45, 2.75) is 13.0 Å². The van der Waals surface area contributed by atoms with E-state index in [2.05, 4.69) is 0 Å². The van der Waals surface area contributed by atoms with Crippen molar-refractivity contribution < 1.29 is 23.9 Å². The van der Waals surface area contributed by atoms with Crippen LogP contribution in [-0.4, -0.2) is 46.9 Å². The Bertz CT molecular complexity index is 557. The number of nitrogens with zero attached hydrogens (tertiary/aromatic N) is 2. The van der Waals surface area contributed by atoms with Crippen LogP contribution in [0.5, 0.6) is 0 Å². The van der Waals surface area contributed by atoms with Crippen LogP contribution in [0.4, 0.5) is 10.1 Å². The predicted molar refractivity (Wildman–Crippen MR) is 67.6 cm³/mol. The lowest BCUT2D eigenvalue weighted by Crippen LogP contribution is -2.58. The number of rotatable bonds is 3. The molecule has 106 valence electrons. The second-order valence-corrected chi connectivity index (χ2v) is 4.48. The maximum Gasteiger partial charge on any atom is 0.326 e. The van der Waals surface area contributed by atoms with Gasteiger partial charge in [-0.3, -0.25) is 14.5 Å². The van der Waals surface area contributed by atoms with Gasteiger partial charge < -0.3 is 10.0 Å². The number of piperazine rings is 1. The average Bonchev–Trinajstić information content (AvgIpc) is 2.38. The lowest BCUT2D eigenvalue weighted by molar-refractivity contribution is -0.157. The molecule has 1 fully saturated rings. The first-order valence-electron chi connectivity index (χ1n) is 5.99. The zero-order valence-electron chi connectivity index (χ0n) is 10.7. The van der Waals surface area contributed by atoms with Gasteiger partial charge in [-0.2, -0.15) is 0 Å². The first-order valence-corrected chi connectivity index (χ1v) is 5.99. The molecular weight excluding hydrogens is 267 g/mol. The third-order valence-electron chi connectivity index (χ3n) is 3.13. The lowest BCUT2D eigenvalue weighted by Gasteiger charge is -2.35. The van der Waals surface area contributed by atoms with Gasteiger partial charge in [-0.15, -0.1) is 0 Å². The minimum Gasteiger partial charge on any atom is -0.480 e. The molecule has 0 spiro atoms. The molecule has 0 radical (unpaired) electrons. The average molecular weight is 280 g/mol. The fraction of sp³-hybridized carbons (Fsp3) is 0.308. The third kappa shape index (κ3) is 2.47. The number of amides is 2. The van der Waals surface area contributed by atoms with E-state index in [0.717, 1.165) is 0 Å². The Morgan fingerprint density at radius 2 is 1.80 bits per heavy atom. The van der Waals surface area contributed by atoms with Gasteiger partial charge in [-0.05, 0) is 19.1 Å². The molecule has 1 heterocycles. The van der Waals surface area contributed by atoms with E-state index in [1.807, 2.05) is 0 Å². The van der Waals surface area contributed by atoms with Crippen molar-refractivity contribution in [2.75, 3.05) is 18.0 Å². The number of hydrogen-bond donors (Lipinski definition) is 1. The van der Waals surface area contributed by atoms with Gasteiger partial charge in [0.15, 0.2) is 0 Å². The van der Waals surface area contributed by atoms with Gasteiger partial charge in [0.1, 0.15) is 11.9 Å². The van der Waals surface area contributed by atoms with E-state index in [9.17, 15) is 18.8 Å². The fourth-order valence-electron chi connectivity index (χ4n) is 2.09. The van der Waals surface area contributed by atoms with Crippen molar-refractivity contribution in [3.63, 3.8) is 0 Å². The standard InChI is InChI=1S/C13H13FN2O4/c1-8(13(19)20)16-11(17)6-15(7-12(16)18)10-5-3-2-4-9(10)14/h2-5,8H,6-7H2,1H3,(H,19,20). The molecule has 1 aliphatic heterocycles. The molecule has 0 bridgehead atoms. The van der Waals surface area contributed by atoms with Gasteiger partial charge in [-0.25, -0.2) is 9.18 Å². The van der Waals surface area contributed by atoms with Crippen LogP contribution in [0, 0.1) is 5.82 Å². The number of imide groups is 1. The molecule has 0 aromatic heterocycles. The van der Waals surface area contributed by atoms with Crippen molar-refractivity contribution in [1.82, 2.24) is 4.90 Å². The van der Waals surface area contributed by atoms with Crippen molar-refractivity contribution in [1.29, 1.82) is 0 Å². The molecule has 1 saturated heterocycles. The highest BCUT2D eigenvalue weighted by atomic mass is 19.1. The molecule has 1 aliphatic rings. The number of carbonyl (C=O) groups excluding carboxylic acids is 2. The summed E-state index contributed by atoms with van der Waals surface area (Å²) in [5.74, 6) is -3.10. The minimum atomic E-state index is -1.26. The van der Waals surface area contributed by atoms with Crippen LogP contribution in [0.2, 0.25) is 0 Å². The molecule has 1 aromatic rings. The van der Waals surface area contributed by atoms with Crippen LogP contribution in [0.1, 0.15) is 6.92 Å². The van der Waals surface area contributed by atoms with Gasteiger partial charge in [0.25, 0.3) is 0 Å². The van der Waals surface area contributed by atoms with E-state index in [0.29, 0.717) is 4.90 Å². The Hall–Kier alpha value is -2.44. The summed E-state index contributed by atoms with van der Waals surface area (Å²) in [5.41, 5.74) is 0.150. The highest BCUT2D eigenvalue weighted by Gasteiger charge is 2.37. The maximum absolute atomic E-state index is 13.6. The highest BCUT2D eigenvalue weighted by molar-refractivity contribution is 6.05. The number of benzene rings is 1. The van der Waals surface area contributed by atoms with Crippen molar-refractivity contribution in [2.24, 2.45) is 0 Å². The number of para-hydroxylation sites is 1. The maximum atomic E-state index is 13.6. The molecule has 1 unspecified atom stereocenters. The molecule has 6 nitrogen and oxygen atoms in total. The summed E-state index contributed by atoms with van der Waals surface area (Å²) < 4.78 is 13.6. The molecule has 0 aliphatic carbocycles. The first-order chi connectivity index (χ1) is 9.41. The van der Waals surface area contributed by atoms with Gasteiger partial charge >= 0.3 is 5.97 Å². The Morgan fingerprint density at radius 3 is 2.30 bits per heavy atom. The minimum absolute atomic E-state index is 0.150. The van der Waals surface area contributed by atoms with Crippen LogP contribution in [0.3, 0.4) is 0 Å². The van der Waals surface area contributed by atoms with Crippen molar-refractivity contribution in [3.8, 4) is 0 Å². The molecule has 1 atom stereocenters. The second kappa shape index (κ2) is 5.28. The van der Waals surface area contributed by atoms with Crippen molar-refractivity contribution >= 4 is 23.5 Å². The summed E-state index contributed by atoms with van der Waals surface area (Å²) in [6, 6.07) is 4.57. The molecule has 7 heteroatoms. The van der Waals surface area contributed by atoms with Crippen LogP contribution in [0.25, 0.3) is 0 Å². The van der Waals surface area contributed by atoms with E-state index in [1.165, 1.54) is 30.0 Å². The fourth-order valence-corrected chi connectivity index (χ4v) is 2.09. The Kier molecular flexibility index (Phi) is 3.69. The van der Waals surface area contributed by atoms with Crippen LogP contribution in [0.15, 0.2) is 24.3 Å². The predicted octanol–water partition coefficient (Wildman–Crippen LogP) is 0.474. The van der Waals surface area contributed by atoms with E-state index in [-0.39, 0.29) is 18.8 Å². The quantitative estimate of drug-likeness (QED) is 0.815. The SMILES string of the molecule is CC(C(=O)O)N1C(=O)CN(c2ccccc2F)CC1=O. The number of hydrogen-bond acceptors (Lipinski definition) is 4. The molecule has 1 N–H and O–H groups in total. The van der Waals surface area contributed by atoms with Crippen molar-refractivity contribution in [3.05, 3.63) is 30.1 Å². The topological polar surface area (TPSA) is 77.9 Å². The number of carboxylic acid groups (broad SMARTS) is 1. The van der Waals surface area contributed by atoms with E-state index < -0.39 is 29.6 Å². The smallest absolute Gasteiger partial charge is 0.326 e. The summed E-state index contributed by atoms with van der Waals surface area (Å²) in [4.78, 5) is 36.7. The molecule has 2 amide bonds. The number of anilines is 1. The molecule has 2 rings (SSSR count). The second-order valence-electron chi connectivity index (χ2n) is 4.48. The Labute approximate surface area is 114 Å². The normalized spacial score (nSPS) is 17.3. The van der Waals surface area contributed by atoms with Crippen LogP contribution >= 0.6 is 0 Å². The van der Waals surface area contributed by atoms with E-state index >= 15 is 0 Å². The molecule has 1 aromatic carbocycles. The number of aliphatic carboxylic acids is 1. The van der Waals surface area contributed by atoms with Gasteiger partial charge in [-0.1, -0.05) is 12.1 Å². The highest BCUT2D eigenvalue weighted by Crippen LogP contribution is 2.21. The summed E-state index contributed by atoms with van der Waals surface area (Å²) in [5, 5.41) is 8.88. The summed E-state index contributed by atoms with van der Waals surface area (Å²) in [6.45, 7) is 0.797. The van der Waals surface area contributed by atoms with Gasteiger partial charge in [0, 0.05) is 0 Å². The third-order valence-corrected chi connectivity index (χ3v) is 3.13. The first kappa shape index (κ1) is 14.0. The van der Waals surface area contributed by atoms with Crippen LogP contribution < -0.4 is 4.90 Å². The zero-order chi connectivity index (χ0) is 14.9. The van der Waals surface area contributed by atoms with E-state index in [1.54, 1.807) is 6.07 Å². The number of carbonyl (C=O) groups is 3. The summed E-state index contributed by atoms with van der Waals surface area (Å²) in [6.07, 6.45) is 0. The zero-order valence-corrected chi connectivity index (χ0v) is 10.7. The molecule has 20 heavy (non-hydrogen) atoms. The Balaban J connectivity index is 2.23. The van der Waals surface area contributed by atoms with Gasteiger partial charge in [0.2, 0.25) is 11.8 Å². The van der Waals surface area contributed by atoms with Gasteiger partial charge in [0.05, 0.1) is 18.8 Å². The monoisotopic (exact) mass is 280 g/mol. The van der Waals surface area contributed by atoms with Crippen LogP contribution in [-0.2, 0) is 14.4 Å². The lowest BCUT2D eigenvalue weighted by atomic mass is 10.2. The van der Waals surface area contributed by atoms with E-state index in [4.69, 9.17) is 5.11 Å². The molecule has 0 saturated carbocycles. The summed E-state index contributed by atoms with van der Waals surface area (Å²) >= 11 is 0. The molecular formula is C13H13FN2O4. The number of halogens is 1. The largest absolute Gasteiger partial charge is 0.480 e. The number of carboxylic acids is 1. The summed E-state index contributed by atoms with van der Waals surface area (Å²) in [7, 11) is 0.